The largest absolute Gasteiger partial charge is 0.335 e. The Hall–Kier alpha value is -2.63. The van der Waals surface area contributed by atoms with Gasteiger partial charge in [-0.1, -0.05) is 25.1 Å². The predicted octanol–water partition coefficient (Wildman–Crippen LogP) is 2.32. The Morgan fingerprint density at radius 1 is 1.23 bits per heavy atom. The number of piperazine rings is 1. The first-order chi connectivity index (χ1) is 12.5. The SMILES string of the molecule is CC[C@H](C(=O)N1CCN(Cc2ccc(C)c(C)c2)C(=O)C1)n1cccn1. The number of carbonyl (C=O) groups is 2. The normalized spacial score (nSPS) is 16.0. The van der Waals surface area contributed by atoms with Crippen LogP contribution in [0.2, 0.25) is 0 Å². The number of rotatable bonds is 5. The molecule has 2 aromatic rings. The Morgan fingerprint density at radius 3 is 2.65 bits per heavy atom. The smallest absolute Gasteiger partial charge is 0.247 e. The van der Waals surface area contributed by atoms with Crippen LogP contribution >= 0.6 is 0 Å². The molecule has 1 fully saturated rings. The first kappa shape index (κ1) is 18.2. The van der Waals surface area contributed by atoms with Gasteiger partial charge >= 0.3 is 0 Å². The zero-order valence-electron chi connectivity index (χ0n) is 15.7. The van der Waals surface area contributed by atoms with Crippen LogP contribution in [0.15, 0.2) is 36.7 Å². The second kappa shape index (κ2) is 7.72. The minimum absolute atomic E-state index is 0.00172. The standard InChI is InChI=1S/C20H26N4O2/c1-4-18(24-9-5-8-21-24)20(26)23-11-10-22(19(25)14-23)13-17-7-6-15(2)16(3)12-17/h5-9,12,18H,4,10-11,13-14H2,1-3H3/t18-/m1/s1. The van der Waals surface area contributed by atoms with E-state index >= 15 is 0 Å². The van der Waals surface area contributed by atoms with Gasteiger partial charge in [0.25, 0.3) is 0 Å². The fourth-order valence-electron chi connectivity index (χ4n) is 3.34. The van der Waals surface area contributed by atoms with Crippen LogP contribution in [0.25, 0.3) is 0 Å². The van der Waals surface area contributed by atoms with Crippen molar-refractivity contribution in [2.75, 3.05) is 19.6 Å². The lowest BCUT2D eigenvalue weighted by Gasteiger charge is -2.36. The highest BCUT2D eigenvalue weighted by Gasteiger charge is 2.31. The minimum atomic E-state index is -0.343. The van der Waals surface area contributed by atoms with Crippen LogP contribution in [0.3, 0.4) is 0 Å². The van der Waals surface area contributed by atoms with E-state index in [1.54, 1.807) is 22.0 Å². The number of benzene rings is 1. The van der Waals surface area contributed by atoms with Crippen molar-refractivity contribution in [1.29, 1.82) is 0 Å². The van der Waals surface area contributed by atoms with Crippen molar-refractivity contribution < 1.29 is 9.59 Å². The van der Waals surface area contributed by atoms with E-state index in [0.29, 0.717) is 26.1 Å². The van der Waals surface area contributed by atoms with E-state index < -0.39 is 0 Å². The average Bonchev–Trinajstić information content (AvgIpc) is 3.14. The molecular formula is C20H26N4O2. The molecule has 1 aromatic heterocycles. The summed E-state index contributed by atoms with van der Waals surface area (Å²) in [4.78, 5) is 28.9. The third kappa shape index (κ3) is 3.79. The molecule has 0 N–H and O–H groups in total. The third-order valence-corrected chi connectivity index (χ3v) is 5.09. The topological polar surface area (TPSA) is 58.4 Å². The molecule has 1 atom stereocenters. The van der Waals surface area contributed by atoms with Crippen LogP contribution in [-0.4, -0.2) is 51.0 Å². The maximum atomic E-state index is 12.8. The molecule has 0 unspecified atom stereocenters. The summed E-state index contributed by atoms with van der Waals surface area (Å²) in [5, 5.41) is 4.18. The molecule has 0 bridgehead atoms. The summed E-state index contributed by atoms with van der Waals surface area (Å²) in [5.74, 6) is -0.0338. The lowest BCUT2D eigenvalue weighted by molar-refractivity contribution is -0.147. The Balaban J connectivity index is 1.63. The fraction of sp³-hybridized carbons (Fsp3) is 0.450. The molecule has 0 spiro atoms. The number of carbonyl (C=O) groups excluding carboxylic acids is 2. The summed E-state index contributed by atoms with van der Waals surface area (Å²) < 4.78 is 1.67. The van der Waals surface area contributed by atoms with E-state index in [-0.39, 0.29) is 24.4 Å². The molecule has 6 heteroatoms. The molecule has 0 saturated carbocycles. The molecule has 2 heterocycles. The number of hydrogen-bond acceptors (Lipinski definition) is 3. The first-order valence-electron chi connectivity index (χ1n) is 9.11. The third-order valence-electron chi connectivity index (χ3n) is 5.09. The highest BCUT2D eigenvalue weighted by molar-refractivity contribution is 5.87. The van der Waals surface area contributed by atoms with Gasteiger partial charge in [0.15, 0.2) is 0 Å². The van der Waals surface area contributed by atoms with Gasteiger partial charge in [-0.2, -0.15) is 5.10 Å². The molecule has 26 heavy (non-hydrogen) atoms. The highest BCUT2D eigenvalue weighted by atomic mass is 16.2. The molecule has 0 radical (unpaired) electrons. The summed E-state index contributed by atoms with van der Waals surface area (Å²) in [5.41, 5.74) is 3.61. The molecule has 1 aliphatic heterocycles. The number of nitrogens with zero attached hydrogens (tertiary/aromatic N) is 4. The van der Waals surface area contributed by atoms with Crippen molar-refractivity contribution in [3.63, 3.8) is 0 Å². The van der Waals surface area contributed by atoms with Gasteiger partial charge in [-0.05, 0) is 43.0 Å². The monoisotopic (exact) mass is 354 g/mol. The first-order valence-corrected chi connectivity index (χ1v) is 9.11. The van der Waals surface area contributed by atoms with E-state index in [1.807, 2.05) is 17.9 Å². The molecule has 138 valence electrons. The van der Waals surface area contributed by atoms with Crippen LogP contribution < -0.4 is 0 Å². The Bertz CT molecular complexity index is 785. The van der Waals surface area contributed by atoms with Crippen molar-refractivity contribution in [2.45, 2.75) is 39.8 Å². The Labute approximate surface area is 154 Å². The van der Waals surface area contributed by atoms with Gasteiger partial charge in [-0.15, -0.1) is 0 Å². The molecule has 1 aliphatic rings. The lowest BCUT2D eigenvalue weighted by Crippen LogP contribution is -2.53. The molecule has 3 rings (SSSR count). The summed E-state index contributed by atoms with van der Waals surface area (Å²) >= 11 is 0. The number of amides is 2. The molecular weight excluding hydrogens is 328 g/mol. The van der Waals surface area contributed by atoms with Crippen LogP contribution in [0.1, 0.15) is 36.1 Å². The van der Waals surface area contributed by atoms with E-state index in [9.17, 15) is 9.59 Å². The summed E-state index contributed by atoms with van der Waals surface area (Å²) in [7, 11) is 0. The Kier molecular flexibility index (Phi) is 5.40. The zero-order valence-corrected chi connectivity index (χ0v) is 15.7. The highest BCUT2D eigenvalue weighted by Crippen LogP contribution is 2.18. The van der Waals surface area contributed by atoms with E-state index in [1.165, 1.54) is 11.1 Å². The van der Waals surface area contributed by atoms with Crippen molar-refractivity contribution in [1.82, 2.24) is 19.6 Å². The maximum absolute atomic E-state index is 12.8. The summed E-state index contributed by atoms with van der Waals surface area (Å²) in [6.45, 7) is 7.98. The molecule has 1 saturated heterocycles. The zero-order chi connectivity index (χ0) is 18.7. The van der Waals surface area contributed by atoms with Gasteiger partial charge in [0.2, 0.25) is 11.8 Å². The van der Waals surface area contributed by atoms with Gasteiger partial charge in [-0.3, -0.25) is 14.3 Å². The van der Waals surface area contributed by atoms with Crippen LogP contribution in [0.4, 0.5) is 0 Å². The van der Waals surface area contributed by atoms with Crippen LogP contribution in [0.5, 0.6) is 0 Å². The van der Waals surface area contributed by atoms with Gasteiger partial charge < -0.3 is 9.80 Å². The molecule has 6 nitrogen and oxygen atoms in total. The summed E-state index contributed by atoms with van der Waals surface area (Å²) in [6.07, 6.45) is 4.12. The average molecular weight is 354 g/mol. The van der Waals surface area contributed by atoms with Crippen molar-refractivity contribution in [3.05, 3.63) is 53.3 Å². The second-order valence-electron chi connectivity index (χ2n) is 6.90. The molecule has 2 amide bonds. The quantitative estimate of drug-likeness (QED) is 0.828. The van der Waals surface area contributed by atoms with Crippen molar-refractivity contribution in [2.24, 2.45) is 0 Å². The maximum Gasteiger partial charge on any atom is 0.247 e. The van der Waals surface area contributed by atoms with Gasteiger partial charge in [0, 0.05) is 32.0 Å². The fourth-order valence-corrected chi connectivity index (χ4v) is 3.34. The van der Waals surface area contributed by atoms with E-state index in [4.69, 9.17) is 0 Å². The molecule has 1 aromatic carbocycles. The van der Waals surface area contributed by atoms with Crippen molar-refractivity contribution >= 4 is 11.8 Å². The lowest BCUT2D eigenvalue weighted by atomic mass is 10.1. The number of aromatic nitrogens is 2. The van der Waals surface area contributed by atoms with Crippen molar-refractivity contribution in [3.8, 4) is 0 Å². The second-order valence-corrected chi connectivity index (χ2v) is 6.90. The molecule has 0 aliphatic carbocycles. The number of hydrogen-bond donors (Lipinski definition) is 0. The minimum Gasteiger partial charge on any atom is -0.335 e. The van der Waals surface area contributed by atoms with E-state index in [2.05, 4.69) is 37.1 Å². The number of aryl methyl sites for hydroxylation is 2. The van der Waals surface area contributed by atoms with Gasteiger partial charge in [-0.25, -0.2) is 0 Å². The van der Waals surface area contributed by atoms with Crippen LogP contribution in [-0.2, 0) is 16.1 Å². The van der Waals surface area contributed by atoms with Gasteiger partial charge in [0.05, 0.1) is 6.54 Å². The summed E-state index contributed by atoms with van der Waals surface area (Å²) in [6, 6.07) is 7.75. The van der Waals surface area contributed by atoms with E-state index in [0.717, 1.165) is 5.56 Å². The van der Waals surface area contributed by atoms with Gasteiger partial charge in [0.1, 0.15) is 6.04 Å². The van der Waals surface area contributed by atoms with Crippen LogP contribution in [0, 0.1) is 13.8 Å². The Morgan fingerprint density at radius 2 is 2.04 bits per heavy atom. The predicted molar refractivity (Wildman–Crippen MR) is 99.5 cm³/mol.